The van der Waals surface area contributed by atoms with Crippen LogP contribution in [-0.2, 0) is 4.79 Å². The lowest BCUT2D eigenvalue weighted by Gasteiger charge is -2.33. The van der Waals surface area contributed by atoms with Gasteiger partial charge in [-0.05, 0) is 63.4 Å². The molecule has 1 N–H and O–H groups in total. The highest BCUT2D eigenvalue weighted by Gasteiger charge is 2.26. The predicted octanol–water partition coefficient (Wildman–Crippen LogP) is 4.37. The Morgan fingerprint density at radius 2 is 1.96 bits per heavy atom. The molecule has 1 fully saturated rings. The number of carbonyl (C=O) groups is 1. The molecule has 0 aromatic heterocycles. The lowest BCUT2D eigenvalue weighted by atomic mass is 9.92. The Labute approximate surface area is 155 Å². The lowest BCUT2D eigenvalue weighted by molar-refractivity contribution is -0.133. The molecular weight excluding hydrogens is 355 g/mol. The fourth-order valence-electron chi connectivity index (χ4n) is 2.99. The van der Waals surface area contributed by atoms with Crippen molar-refractivity contribution < 1.29 is 4.79 Å². The third-order valence-electron chi connectivity index (χ3n) is 4.54. The van der Waals surface area contributed by atoms with Crippen LogP contribution in [-0.4, -0.2) is 37.5 Å². The van der Waals surface area contributed by atoms with Gasteiger partial charge in [-0.15, -0.1) is 12.4 Å². The Kier molecular flexibility index (Phi) is 8.70. The summed E-state index contributed by atoms with van der Waals surface area (Å²) in [4.78, 5) is 14.6. The van der Waals surface area contributed by atoms with Gasteiger partial charge in [-0.1, -0.05) is 29.3 Å². The zero-order chi connectivity index (χ0) is 16.1. The summed E-state index contributed by atoms with van der Waals surface area (Å²) >= 11 is 12.0. The van der Waals surface area contributed by atoms with E-state index in [9.17, 15) is 4.79 Å². The number of amides is 1. The van der Waals surface area contributed by atoms with Crippen molar-refractivity contribution in [3.05, 3.63) is 33.8 Å². The first-order chi connectivity index (χ1) is 10.5. The van der Waals surface area contributed by atoms with E-state index in [1.807, 2.05) is 24.9 Å². The number of hydrogen-bond acceptors (Lipinski definition) is 2. The van der Waals surface area contributed by atoms with Crippen LogP contribution in [0.15, 0.2) is 18.2 Å². The second-order valence-corrected chi connectivity index (χ2v) is 6.87. The third kappa shape index (κ3) is 5.53. The Balaban J connectivity index is 0.00000264. The summed E-state index contributed by atoms with van der Waals surface area (Å²) in [5.41, 5.74) is 0.928. The zero-order valence-corrected chi connectivity index (χ0v) is 16.0. The summed E-state index contributed by atoms with van der Waals surface area (Å²) in [6.45, 7) is 4.71. The topological polar surface area (TPSA) is 32.3 Å². The minimum atomic E-state index is -0.177. The van der Waals surface area contributed by atoms with Crippen LogP contribution < -0.4 is 5.32 Å². The maximum atomic E-state index is 12.7. The molecule has 1 aliphatic heterocycles. The van der Waals surface area contributed by atoms with Crippen LogP contribution in [0.1, 0.15) is 37.7 Å². The van der Waals surface area contributed by atoms with Crippen LogP contribution in [0.2, 0.25) is 10.0 Å². The molecule has 130 valence electrons. The minimum absolute atomic E-state index is 0. The molecule has 1 aromatic carbocycles. The van der Waals surface area contributed by atoms with Crippen molar-refractivity contribution >= 4 is 41.5 Å². The largest absolute Gasteiger partial charge is 0.342 e. The van der Waals surface area contributed by atoms with E-state index in [0.29, 0.717) is 10.0 Å². The average molecular weight is 380 g/mol. The number of nitrogens with zero attached hydrogens (tertiary/aromatic N) is 1. The SMILES string of the molecule is CNCCC1CCN(C(=O)C(C)c2ccc(Cl)c(Cl)c2)CC1.Cl. The van der Waals surface area contributed by atoms with Crippen molar-refractivity contribution in [3.8, 4) is 0 Å². The number of piperidine rings is 1. The van der Waals surface area contributed by atoms with Crippen LogP contribution in [0, 0.1) is 5.92 Å². The number of benzene rings is 1. The molecule has 3 nitrogen and oxygen atoms in total. The van der Waals surface area contributed by atoms with Gasteiger partial charge in [0.1, 0.15) is 0 Å². The predicted molar refractivity (Wildman–Crippen MR) is 100.0 cm³/mol. The molecule has 0 radical (unpaired) electrons. The number of hydrogen-bond donors (Lipinski definition) is 1. The summed E-state index contributed by atoms with van der Waals surface area (Å²) in [5, 5.41) is 4.22. The number of halogens is 3. The monoisotopic (exact) mass is 378 g/mol. The van der Waals surface area contributed by atoms with Crippen LogP contribution >= 0.6 is 35.6 Å². The van der Waals surface area contributed by atoms with E-state index < -0.39 is 0 Å². The molecular formula is C17H25Cl3N2O. The summed E-state index contributed by atoms with van der Waals surface area (Å²) in [7, 11) is 1.98. The van der Waals surface area contributed by atoms with Crippen molar-refractivity contribution in [2.24, 2.45) is 5.92 Å². The van der Waals surface area contributed by atoms with Gasteiger partial charge < -0.3 is 10.2 Å². The van der Waals surface area contributed by atoms with E-state index in [-0.39, 0.29) is 24.2 Å². The molecule has 0 bridgehead atoms. The maximum absolute atomic E-state index is 12.7. The Morgan fingerprint density at radius 3 is 2.52 bits per heavy atom. The molecule has 0 saturated carbocycles. The van der Waals surface area contributed by atoms with Crippen molar-refractivity contribution in [2.45, 2.75) is 32.1 Å². The van der Waals surface area contributed by atoms with Crippen molar-refractivity contribution in [3.63, 3.8) is 0 Å². The van der Waals surface area contributed by atoms with Gasteiger partial charge in [0.25, 0.3) is 0 Å². The van der Waals surface area contributed by atoms with Gasteiger partial charge in [-0.2, -0.15) is 0 Å². The van der Waals surface area contributed by atoms with Crippen molar-refractivity contribution in [1.82, 2.24) is 10.2 Å². The molecule has 6 heteroatoms. The van der Waals surface area contributed by atoms with Crippen molar-refractivity contribution in [2.75, 3.05) is 26.7 Å². The smallest absolute Gasteiger partial charge is 0.229 e. The highest BCUT2D eigenvalue weighted by Crippen LogP contribution is 2.29. The zero-order valence-electron chi connectivity index (χ0n) is 13.6. The number of likely N-dealkylation sites (tertiary alicyclic amines) is 1. The highest BCUT2D eigenvalue weighted by molar-refractivity contribution is 6.42. The average Bonchev–Trinajstić information content (AvgIpc) is 2.54. The second kappa shape index (κ2) is 9.73. The first-order valence-electron chi connectivity index (χ1n) is 7.91. The van der Waals surface area contributed by atoms with Gasteiger partial charge in [0.15, 0.2) is 0 Å². The summed E-state index contributed by atoms with van der Waals surface area (Å²) in [6, 6.07) is 5.44. The fourth-order valence-corrected chi connectivity index (χ4v) is 3.30. The fraction of sp³-hybridized carbons (Fsp3) is 0.588. The quantitative estimate of drug-likeness (QED) is 0.824. The maximum Gasteiger partial charge on any atom is 0.229 e. The van der Waals surface area contributed by atoms with Gasteiger partial charge in [0.05, 0.1) is 16.0 Å². The van der Waals surface area contributed by atoms with Gasteiger partial charge >= 0.3 is 0 Å². The van der Waals surface area contributed by atoms with E-state index >= 15 is 0 Å². The van der Waals surface area contributed by atoms with E-state index in [1.54, 1.807) is 12.1 Å². The molecule has 2 rings (SSSR count). The normalized spacial score (nSPS) is 16.8. The number of carbonyl (C=O) groups excluding carboxylic acids is 1. The number of rotatable bonds is 5. The van der Waals surface area contributed by atoms with E-state index in [1.165, 1.54) is 6.42 Å². The third-order valence-corrected chi connectivity index (χ3v) is 5.28. The molecule has 0 spiro atoms. The molecule has 1 amide bonds. The van der Waals surface area contributed by atoms with Gasteiger partial charge in [-0.3, -0.25) is 4.79 Å². The molecule has 1 aliphatic rings. The molecule has 1 unspecified atom stereocenters. The Morgan fingerprint density at radius 1 is 1.30 bits per heavy atom. The van der Waals surface area contributed by atoms with Crippen LogP contribution in [0.25, 0.3) is 0 Å². The summed E-state index contributed by atoms with van der Waals surface area (Å²) in [5.74, 6) is 0.742. The van der Waals surface area contributed by atoms with Gasteiger partial charge in [0.2, 0.25) is 5.91 Å². The van der Waals surface area contributed by atoms with Crippen LogP contribution in [0.3, 0.4) is 0 Å². The number of nitrogens with one attached hydrogen (secondary N) is 1. The standard InChI is InChI=1S/C17H24Cl2N2O.ClH/c1-12(14-3-4-15(18)16(19)11-14)17(22)21-9-6-13(7-10-21)5-8-20-2;/h3-4,11-13,20H,5-10H2,1-2H3;1H. The van der Waals surface area contributed by atoms with E-state index in [4.69, 9.17) is 23.2 Å². The first-order valence-corrected chi connectivity index (χ1v) is 8.67. The van der Waals surface area contributed by atoms with Gasteiger partial charge in [-0.25, -0.2) is 0 Å². The minimum Gasteiger partial charge on any atom is -0.342 e. The Hall–Kier alpha value is -0.480. The molecule has 1 heterocycles. The van der Waals surface area contributed by atoms with Crippen LogP contribution in [0.4, 0.5) is 0 Å². The molecule has 1 aromatic rings. The van der Waals surface area contributed by atoms with Crippen LogP contribution in [0.5, 0.6) is 0 Å². The molecule has 0 aliphatic carbocycles. The molecule has 1 atom stereocenters. The first kappa shape index (κ1) is 20.6. The van der Waals surface area contributed by atoms with Gasteiger partial charge in [0, 0.05) is 13.1 Å². The summed E-state index contributed by atoms with van der Waals surface area (Å²) < 4.78 is 0. The molecule has 23 heavy (non-hydrogen) atoms. The Bertz CT molecular complexity index is 517. The summed E-state index contributed by atoms with van der Waals surface area (Å²) in [6.07, 6.45) is 3.39. The van der Waals surface area contributed by atoms with Crippen molar-refractivity contribution in [1.29, 1.82) is 0 Å². The second-order valence-electron chi connectivity index (χ2n) is 6.06. The lowest BCUT2D eigenvalue weighted by Crippen LogP contribution is -2.41. The van der Waals surface area contributed by atoms with E-state index in [0.717, 1.165) is 44.0 Å². The molecule has 1 saturated heterocycles. The van der Waals surface area contributed by atoms with E-state index in [2.05, 4.69) is 5.32 Å². The highest BCUT2D eigenvalue weighted by atomic mass is 35.5.